The highest BCUT2D eigenvalue weighted by Crippen LogP contribution is 2.50. The molecule has 1 saturated carbocycles. The molecule has 0 unspecified atom stereocenters. The van der Waals surface area contributed by atoms with Crippen LogP contribution in [0.4, 0.5) is 13.2 Å². The van der Waals surface area contributed by atoms with Crippen LogP contribution in [0.1, 0.15) is 51.7 Å². The fraction of sp³-hybridized carbons (Fsp3) is 0.727. The SMILES string of the molecule is CC1(C)OB(c2ccc3c(c2)C[C@@H]2CC[C@H](C3)[C@]23CN(CC(F)(F)F)S(=O)(=O)N3)OC1(C)C. The van der Waals surface area contributed by atoms with Gasteiger partial charge >= 0.3 is 13.3 Å². The third-order valence-corrected chi connectivity index (χ3v) is 10.0. The summed E-state index contributed by atoms with van der Waals surface area (Å²) >= 11 is 0. The third-order valence-electron chi connectivity index (χ3n) is 8.46. The van der Waals surface area contributed by atoms with Crippen molar-refractivity contribution in [2.24, 2.45) is 11.8 Å². The van der Waals surface area contributed by atoms with Gasteiger partial charge in [0.25, 0.3) is 10.2 Å². The summed E-state index contributed by atoms with van der Waals surface area (Å²) in [6, 6.07) is 6.10. The van der Waals surface area contributed by atoms with Crippen molar-refractivity contribution in [1.29, 1.82) is 0 Å². The third kappa shape index (κ3) is 3.84. The first-order valence-corrected chi connectivity index (χ1v) is 12.9. The number of hydrogen-bond acceptors (Lipinski definition) is 4. The van der Waals surface area contributed by atoms with Crippen molar-refractivity contribution in [1.82, 2.24) is 9.03 Å². The van der Waals surface area contributed by atoms with Crippen LogP contribution in [0.2, 0.25) is 0 Å². The van der Waals surface area contributed by atoms with Crippen LogP contribution in [0, 0.1) is 11.8 Å². The maximum atomic E-state index is 13.1. The fourth-order valence-corrected chi connectivity index (χ4v) is 7.70. The summed E-state index contributed by atoms with van der Waals surface area (Å²) in [7, 11) is -4.68. The summed E-state index contributed by atoms with van der Waals surface area (Å²) in [5.41, 5.74) is 1.34. The van der Waals surface area contributed by atoms with Gasteiger partial charge in [-0.15, -0.1) is 0 Å². The van der Waals surface area contributed by atoms with Crippen molar-refractivity contribution in [2.75, 3.05) is 13.1 Å². The highest BCUT2D eigenvalue weighted by atomic mass is 32.2. The molecule has 2 aliphatic heterocycles. The van der Waals surface area contributed by atoms with E-state index in [2.05, 4.69) is 10.8 Å². The van der Waals surface area contributed by atoms with Crippen molar-refractivity contribution in [3.05, 3.63) is 29.3 Å². The second-order valence-electron chi connectivity index (χ2n) is 11.0. The molecule has 1 aromatic carbocycles. The summed E-state index contributed by atoms with van der Waals surface area (Å²) in [6.45, 7) is 6.40. The molecule has 1 spiro atoms. The Bertz CT molecular complexity index is 1060. The second-order valence-corrected chi connectivity index (χ2v) is 12.7. The maximum Gasteiger partial charge on any atom is 0.494 e. The Morgan fingerprint density at radius 2 is 1.64 bits per heavy atom. The Hall–Kier alpha value is -1.14. The molecule has 0 aromatic heterocycles. The number of fused-ring (bicyclic) bond motifs is 1. The van der Waals surface area contributed by atoms with Gasteiger partial charge in [0.05, 0.1) is 16.7 Å². The van der Waals surface area contributed by atoms with Crippen molar-refractivity contribution < 1.29 is 30.9 Å². The lowest BCUT2D eigenvalue weighted by molar-refractivity contribution is -0.136. The lowest BCUT2D eigenvalue weighted by Crippen LogP contribution is -2.52. The topological polar surface area (TPSA) is 67.9 Å². The quantitative estimate of drug-likeness (QED) is 0.653. The number of benzene rings is 1. The summed E-state index contributed by atoms with van der Waals surface area (Å²) in [5.74, 6) is -0.107. The van der Waals surface area contributed by atoms with E-state index in [1.165, 1.54) is 0 Å². The normalized spacial score (nSPS) is 34.6. The van der Waals surface area contributed by atoms with Gasteiger partial charge in [0.2, 0.25) is 0 Å². The average Bonchev–Trinajstić information content (AvgIpc) is 3.13. The van der Waals surface area contributed by atoms with Gasteiger partial charge in [-0.2, -0.15) is 30.6 Å². The predicted molar refractivity (Wildman–Crippen MR) is 118 cm³/mol. The van der Waals surface area contributed by atoms with Crippen LogP contribution in [0.5, 0.6) is 0 Å². The Labute approximate surface area is 193 Å². The van der Waals surface area contributed by atoms with E-state index in [0.29, 0.717) is 17.1 Å². The molecule has 2 bridgehead atoms. The highest BCUT2D eigenvalue weighted by molar-refractivity contribution is 7.87. The lowest BCUT2D eigenvalue weighted by Gasteiger charge is -2.33. The van der Waals surface area contributed by atoms with E-state index in [1.807, 2.05) is 39.8 Å². The minimum Gasteiger partial charge on any atom is -0.399 e. The molecule has 2 saturated heterocycles. The Balaban J connectivity index is 1.43. The van der Waals surface area contributed by atoms with Crippen molar-refractivity contribution in [2.45, 2.75) is 76.3 Å². The van der Waals surface area contributed by atoms with E-state index >= 15 is 0 Å². The lowest BCUT2D eigenvalue weighted by atomic mass is 9.76. The molecule has 5 rings (SSSR count). The van der Waals surface area contributed by atoms with E-state index in [0.717, 1.165) is 29.4 Å². The van der Waals surface area contributed by atoms with Crippen LogP contribution in [0.25, 0.3) is 0 Å². The zero-order valence-corrected chi connectivity index (χ0v) is 20.1. The van der Waals surface area contributed by atoms with Gasteiger partial charge in [0.15, 0.2) is 0 Å². The Morgan fingerprint density at radius 1 is 1.06 bits per heavy atom. The Kier molecular flexibility index (Phi) is 5.14. The molecule has 4 aliphatic rings. The molecule has 0 amide bonds. The van der Waals surface area contributed by atoms with Crippen LogP contribution >= 0.6 is 0 Å². The number of halogens is 3. The average molecular weight is 486 g/mol. The summed E-state index contributed by atoms with van der Waals surface area (Å²) in [6.07, 6.45) is -1.75. The first-order valence-electron chi connectivity index (χ1n) is 11.5. The number of alkyl halides is 3. The standard InChI is InChI=1S/C22H30BF3N2O4S/c1-19(2)20(3,4)32-23(31-19)18-8-5-14-9-16-6-7-17(10-15(14)11-18)21(16)12-28(13-22(24,25)26)33(29,30)27-21/h5,8,11,16-17,27H,6-7,9-10,12-13H2,1-4H3/t16-,17+,21-/m1/s1. The van der Waals surface area contributed by atoms with Gasteiger partial charge in [0, 0.05) is 6.54 Å². The molecule has 33 heavy (non-hydrogen) atoms. The largest absolute Gasteiger partial charge is 0.494 e. The Morgan fingerprint density at radius 3 is 2.21 bits per heavy atom. The molecule has 11 heteroatoms. The van der Waals surface area contributed by atoms with Gasteiger partial charge in [-0.05, 0) is 81.8 Å². The van der Waals surface area contributed by atoms with E-state index in [9.17, 15) is 21.6 Å². The molecule has 2 aliphatic carbocycles. The molecule has 2 heterocycles. The molecule has 182 valence electrons. The van der Waals surface area contributed by atoms with Crippen LogP contribution in [-0.4, -0.2) is 55.8 Å². The molecular weight excluding hydrogens is 456 g/mol. The molecule has 3 fully saturated rings. The number of nitrogens with one attached hydrogen (secondary N) is 1. The highest BCUT2D eigenvalue weighted by Gasteiger charge is 2.60. The van der Waals surface area contributed by atoms with Crippen molar-refractivity contribution in [3.8, 4) is 0 Å². The van der Waals surface area contributed by atoms with Gasteiger partial charge < -0.3 is 9.31 Å². The van der Waals surface area contributed by atoms with Crippen LogP contribution in [0.3, 0.4) is 0 Å². The molecule has 3 atom stereocenters. The zero-order valence-electron chi connectivity index (χ0n) is 19.3. The van der Waals surface area contributed by atoms with E-state index in [1.54, 1.807) is 0 Å². The van der Waals surface area contributed by atoms with Gasteiger partial charge in [-0.1, -0.05) is 18.2 Å². The molecular formula is C22H30BF3N2O4S. The number of nitrogens with zero attached hydrogens (tertiary/aromatic N) is 1. The fourth-order valence-electron chi connectivity index (χ4n) is 5.99. The zero-order chi connectivity index (χ0) is 24.0. The molecule has 1 aromatic rings. The summed E-state index contributed by atoms with van der Waals surface area (Å²) in [4.78, 5) is 0. The monoisotopic (exact) mass is 486 g/mol. The van der Waals surface area contributed by atoms with Gasteiger partial charge in [-0.25, -0.2) is 0 Å². The molecule has 0 radical (unpaired) electrons. The second kappa shape index (κ2) is 7.19. The van der Waals surface area contributed by atoms with Crippen molar-refractivity contribution in [3.63, 3.8) is 0 Å². The summed E-state index contributed by atoms with van der Waals surface area (Å²) in [5, 5.41) is 0. The number of hydrogen-bond donors (Lipinski definition) is 1. The van der Waals surface area contributed by atoms with Crippen LogP contribution < -0.4 is 10.2 Å². The molecule has 6 nitrogen and oxygen atoms in total. The van der Waals surface area contributed by atoms with Gasteiger partial charge in [0.1, 0.15) is 6.54 Å². The van der Waals surface area contributed by atoms with Crippen LogP contribution in [0.15, 0.2) is 18.2 Å². The molecule has 1 N–H and O–H groups in total. The smallest absolute Gasteiger partial charge is 0.399 e. The minimum atomic E-state index is -4.58. The maximum absolute atomic E-state index is 13.1. The van der Waals surface area contributed by atoms with Crippen LogP contribution in [-0.2, 0) is 32.4 Å². The van der Waals surface area contributed by atoms with Crippen molar-refractivity contribution >= 4 is 22.8 Å². The number of rotatable bonds is 2. The van der Waals surface area contributed by atoms with E-state index in [-0.39, 0.29) is 18.4 Å². The van der Waals surface area contributed by atoms with E-state index in [4.69, 9.17) is 9.31 Å². The van der Waals surface area contributed by atoms with Gasteiger partial charge in [-0.3, -0.25) is 0 Å². The first-order chi connectivity index (χ1) is 15.1. The summed E-state index contributed by atoms with van der Waals surface area (Å²) < 4.78 is 80.1. The predicted octanol–water partition coefficient (Wildman–Crippen LogP) is 2.56. The minimum absolute atomic E-state index is 0.0422. The first kappa shape index (κ1) is 23.6. The van der Waals surface area contributed by atoms with E-state index < -0.39 is 46.8 Å².